The SMILES string of the molecule is C=C(/C=C\C=C/N)c1nc2cc(C=O)ccc2nc1-c1ccccn1. The van der Waals surface area contributed by atoms with E-state index in [1.54, 1.807) is 42.6 Å². The summed E-state index contributed by atoms with van der Waals surface area (Å²) in [5.41, 5.74) is 9.83. The van der Waals surface area contributed by atoms with Gasteiger partial charge in [-0.2, -0.15) is 0 Å². The van der Waals surface area contributed by atoms with Gasteiger partial charge in [0, 0.05) is 11.8 Å². The molecule has 0 spiro atoms. The van der Waals surface area contributed by atoms with Gasteiger partial charge in [0.2, 0.25) is 0 Å². The molecule has 0 atom stereocenters. The van der Waals surface area contributed by atoms with Crippen LogP contribution < -0.4 is 5.73 Å². The van der Waals surface area contributed by atoms with Gasteiger partial charge < -0.3 is 5.73 Å². The van der Waals surface area contributed by atoms with Crippen LogP contribution in [0, 0.1) is 0 Å². The van der Waals surface area contributed by atoms with Gasteiger partial charge in [-0.15, -0.1) is 0 Å². The number of benzene rings is 1. The zero-order valence-electron chi connectivity index (χ0n) is 13.5. The molecule has 2 N–H and O–H groups in total. The molecule has 25 heavy (non-hydrogen) atoms. The molecule has 2 heterocycles. The van der Waals surface area contributed by atoms with Crippen LogP contribution in [0.25, 0.3) is 28.0 Å². The number of nitrogens with zero attached hydrogens (tertiary/aromatic N) is 3. The molecular weight excluding hydrogens is 312 g/mol. The molecule has 0 aliphatic rings. The van der Waals surface area contributed by atoms with E-state index in [2.05, 4.69) is 16.5 Å². The molecule has 5 heteroatoms. The minimum atomic E-state index is 0.547. The molecule has 0 amide bonds. The fourth-order valence-electron chi connectivity index (χ4n) is 2.36. The van der Waals surface area contributed by atoms with Crippen molar-refractivity contribution in [2.24, 2.45) is 5.73 Å². The topological polar surface area (TPSA) is 81.8 Å². The lowest BCUT2D eigenvalue weighted by Crippen LogP contribution is -1.99. The molecule has 0 unspecified atom stereocenters. The van der Waals surface area contributed by atoms with Crippen molar-refractivity contribution in [1.82, 2.24) is 15.0 Å². The quantitative estimate of drug-likeness (QED) is 0.572. The van der Waals surface area contributed by atoms with Crippen LogP contribution in [0.4, 0.5) is 0 Å². The molecule has 3 rings (SSSR count). The van der Waals surface area contributed by atoms with Crippen molar-refractivity contribution in [2.45, 2.75) is 0 Å². The summed E-state index contributed by atoms with van der Waals surface area (Å²) in [4.78, 5) is 24.8. The van der Waals surface area contributed by atoms with E-state index in [1.807, 2.05) is 18.2 Å². The van der Waals surface area contributed by atoms with Crippen LogP contribution in [0.5, 0.6) is 0 Å². The third-order valence-corrected chi connectivity index (χ3v) is 3.56. The first-order valence-electron chi connectivity index (χ1n) is 7.65. The third-order valence-electron chi connectivity index (χ3n) is 3.56. The van der Waals surface area contributed by atoms with Gasteiger partial charge in [-0.05, 0) is 48.2 Å². The van der Waals surface area contributed by atoms with Crippen molar-refractivity contribution < 1.29 is 4.79 Å². The number of fused-ring (bicyclic) bond motifs is 1. The Bertz CT molecular complexity index is 991. The highest BCUT2D eigenvalue weighted by molar-refractivity contribution is 5.89. The summed E-state index contributed by atoms with van der Waals surface area (Å²) in [6.45, 7) is 4.07. The second-order valence-corrected chi connectivity index (χ2v) is 5.27. The lowest BCUT2D eigenvalue weighted by Gasteiger charge is -2.10. The lowest BCUT2D eigenvalue weighted by atomic mass is 10.1. The smallest absolute Gasteiger partial charge is 0.150 e. The van der Waals surface area contributed by atoms with Crippen LogP contribution in [-0.2, 0) is 0 Å². The summed E-state index contributed by atoms with van der Waals surface area (Å²) >= 11 is 0. The average molecular weight is 328 g/mol. The summed E-state index contributed by atoms with van der Waals surface area (Å²) in [5.74, 6) is 0. The Morgan fingerprint density at radius 3 is 2.68 bits per heavy atom. The molecule has 2 aromatic heterocycles. The van der Waals surface area contributed by atoms with Crippen LogP contribution in [0.1, 0.15) is 16.1 Å². The summed E-state index contributed by atoms with van der Waals surface area (Å²) < 4.78 is 0. The van der Waals surface area contributed by atoms with Gasteiger partial charge in [0.15, 0.2) is 0 Å². The Balaban J connectivity index is 2.22. The van der Waals surface area contributed by atoms with Gasteiger partial charge in [0.05, 0.1) is 22.4 Å². The van der Waals surface area contributed by atoms with Crippen molar-refractivity contribution in [3.8, 4) is 11.4 Å². The number of carbonyl (C=O) groups is 1. The number of rotatable bonds is 5. The first kappa shape index (κ1) is 16.3. The van der Waals surface area contributed by atoms with Crippen LogP contribution >= 0.6 is 0 Å². The van der Waals surface area contributed by atoms with E-state index < -0.39 is 0 Å². The maximum absolute atomic E-state index is 11.0. The number of aromatic nitrogens is 3. The minimum Gasteiger partial charge on any atom is -0.405 e. The van der Waals surface area contributed by atoms with Crippen molar-refractivity contribution in [2.75, 3.05) is 0 Å². The molecule has 1 aromatic carbocycles. The van der Waals surface area contributed by atoms with Crippen molar-refractivity contribution in [1.29, 1.82) is 0 Å². The number of pyridine rings is 1. The number of hydrogen-bond donors (Lipinski definition) is 1. The molecule has 0 fully saturated rings. The highest BCUT2D eigenvalue weighted by Crippen LogP contribution is 2.27. The van der Waals surface area contributed by atoms with E-state index in [0.717, 1.165) is 6.29 Å². The first-order valence-corrected chi connectivity index (χ1v) is 7.65. The number of carbonyl (C=O) groups excluding carboxylic acids is 1. The number of nitrogens with two attached hydrogens (primary N) is 1. The van der Waals surface area contributed by atoms with Crippen molar-refractivity contribution in [3.63, 3.8) is 0 Å². The van der Waals surface area contributed by atoms with E-state index in [-0.39, 0.29) is 0 Å². The van der Waals surface area contributed by atoms with Crippen LogP contribution in [0.2, 0.25) is 0 Å². The molecule has 0 radical (unpaired) electrons. The zero-order valence-corrected chi connectivity index (χ0v) is 13.5. The first-order chi connectivity index (χ1) is 12.2. The lowest BCUT2D eigenvalue weighted by molar-refractivity contribution is 0.112. The Morgan fingerprint density at radius 1 is 1.08 bits per heavy atom. The largest absolute Gasteiger partial charge is 0.405 e. The molecule has 122 valence electrons. The van der Waals surface area contributed by atoms with Crippen LogP contribution in [-0.4, -0.2) is 21.2 Å². The molecule has 0 bridgehead atoms. The molecular formula is C20H16N4O. The van der Waals surface area contributed by atoms with Gasteiger partial charge in [-0.1, -0.05) is 24.8 Å². The monoisotopic (exact) mass is 328 g/mol. The second kappa shape index (κ2) is 7.31. The molecule has 0 aliphatic heterocycles. The molecule has 0 saturated carbocycles. The number of aldehydes is 1. The van der Waals surface area contributed by atoms with Crippen molar-refractivity contribution in [3.05, 3.63) is 84.9 Å². The third kappa shape index (κ3) is 3.50. The minimum absolute atomic E-state index is 0.547. The van der Waals surface area contributed by atoms with Crippen LogP contribution in [0.3, 0.4) is 0 Å². The maximum Gasteiger partial charge on any atom is 0.150 e. The van der Waals surface area contributed by atoms with E-state index in [1.165, 1.54) is 6.20 Å². The Labute approximate surface area is 145 Å². The van der Waals surface area contributed by atoms with Crippen LogP contribution in [0.15, 0.2) is 73.6 Å². The predicted molar refractivity (Wildman–Crippen MR) is 99.7 cm³/mol. The Hall–Kier alpha value is -3.60. The molecule has 0 saturated heterocycles. The van der Waals surface area contributed by atoms with E-state index in [0.29, 0.717) is 39.3 Å². The molecule has 0 aliphatic carbocycles. The van der Waals surface area contributed by atoms with E-state index in [4.69, 9.17) is 10.7 Å². The van der Waals surface area contributed by atoms with Crippen molar-refractivity contribution >= 4 is 22.9 Å². The summed E-state index contributed by atoms with van der Waals surface area (Å²) in [5, 5.41) is 0. The Kier molecular flexibility index (Phi) is 4.76. The van der Waals surface area contributed by atoms with Gasteiger partial charge in [-0.3, -0.25) is 9.78 Å². The number of allylic oxidation sites excluding steroid dienone is 4. The Morgan fingerprint density at radius 2 is 1.96 bits per heavy atom. The van der Waals surface area contributed by atoms with Gasteiger partial charge in [-0.25, -0.2) is 9.97 Å². The van der Waals surface area contributed by atoms with E-state index in [9.17, 15) is 4.79 Å². The zero-order chi connectivity index (χ0) is 17.6. The normalized spacial score (nSPS) is 11.4. The molecule has 3 aromatic rings. The second-order valence-electron chi connectivity index (χ2n) is 5.27. The fourth-order valence-corrected chi connectivity index (χ4v) is 2.36. The molecule has 5 nitrogen and oxygen atoms in total. The highest BCUT2D eigenvalue weighted by Gasteiger charge is 2.13. The maximum atomic E-state index is 11.0. The van der Waals surface area contributed by atoms with Gasteiger partial charge >= 0.3 is 0 Å². The van der Waals surface area contributed by atoms with Gasteiger partial charge in [0.25, 0.3) is 0 Å². The summed E-state index contributed by atoms with van der Waals surface area (Å²) in [6, 6.07) is 10.8. The van der Waals surface area contributed by atoms with Gasteiger partial charge in [0.1, 0.15) is 12.0 Å². The highest BCUT2D eigenvalue weighted by atomic mass is 16.1. The predicted octanol–water partition coefficient (Wildman–Crippen LogP) is 3.55. The van der Waals surface area contributed by atoms with E-state index >= 15 is 0 Å². The fraction of sp³-hybridized carbons (Fsp3) is 0. The standard InChI is InChI=1S/C20H16N4O/c1-14(6-2-4-10-21)19-20(17-7-3-5-11-22-17)23-16-9-8-15(13-25)12-18(16)24-19/h2-13H,1,21H2/b6-2-,10-4-. The summed E-state index contributed by atoms with van der Waals surface area (Å²) in [6.07, 6.45) is 9.20. The summed E-state index contributed by atoms with van der Waals surface area (Å²) in [7, 11) is 0. The average Bonchev–Trinajstić information content (AvgIpc) is 2.67. The number of hydrogen-bond acceptors (Lipinski definition) is 5.